The molecule has 0 radical (unpaired) electrons. The molecule has 17 heteroatoms. The monoisotopic (exact) mass is 1110 g/mol. The molecule has 0 N–H and O–H groups in total. The lowest BCUT2D eigenvalue weighted by molar-refractivity contribution is 0.112. The van der Waals surface area contributed by atoms with Crippen LogP contribution in [0, 0.1) is 81.4 Å². The Labute approximate surface area is 456 Å². The average molecular weight is 1110 g/mol. The van der Waals surface area contributed by atoms with Crippen molar-refractivity contribution < 1.29 is 9.53 Å². The Hall–Kier alpha value is -6.81. The summed E-state index contributed by atoms with van der Waals surface area (Å²) in [4.78, 5) is 36.9. The Morgan fingerprint density at radius 2 is 1.08 bits per heavy atom. The highest BCUT2D eigenvalue weighted by Crippen LogP contribution is 2.46. The van der Waals surface area contributed by atoms with E-state index >= 15 is 0 Å². The third-order valence-corrected chi connectivity index (χ3v) is 20.5. The highest BCUT2D eigenvalue weighted by molar-refractivity contribution is 7.28. The summed E-state index contributed by atoms with van der Waals surface area (Å²) in [5.74, 6) is 0. The minimum absolute atomic E-state index is 0. The second-order valence-electron chi connectivity index (χ2n) is 14.7. The van der Waals surface area contributed by atoms with Crippen molar-refractivity contribution in [3.63, 3.8) is 0 Å². The first kappa shape index (κ1) is 56.1. The predicted octanol–water partition coefficient (Wildman–Crippen LogP) is 20.1. The summed E-state index contributed by atoms with van der Waals surface area (Å²) in [6.45, 7) is 29.8. The molecule has 0 saturated carbocycles. The number of ether oxygens (including phenoxy) is 1. The van der Waals surface area contributed by atoms with Gasteiger partial charge in [-0.25, -0.2) is 14.5 Å². The molecule has 0 aromatic carbocycles. The predicted molar refractivity (Wildman–Crippen MR) is 314 cm³/mol. The van der Waals surface area contributed by atoms with Crippen molar-refractivity contribution in [3.8, 4) is 62.3 Å². The summed E-state index contributed by atoms with van der Waals surface area (Å²) in [7, 11) is 1.70. The lowest BCUT2D eigenvalue weighted by Gasteiger charge is -1.96. The Balaban J connectivity index is 0.000000243. The van der Waals surface area contributed by atoms with Gasteiger partial charge in [-0.05, 0) is 129 Å². The van der Waals surface area contributed by atoms with Gasteiger partial charge in [-0.3, -0.25) is 4.79 Å². The SMILES string of the molecule is C.C.COc1cc(C)c(-c2ccc(-c3sc(C=O)cc3C)s2)s1.[C-]#[N+]/C(=C\c1cc(C)c(-c2ccc(-c3sc(/C=C(\C#N)c4ccc([N+]#[C-])s4)cc3C)s2)s1)c1ccc(C#N)s1.[C-]#[N+]c1ccc(CC#N)s1. The molecule has 0 aliphatic rings. The van der Waals surface area contributed by atoms with Crippen LogP contribution in [-0.2, 0) is 6.42 Å². The van der Waals surface area contributed by atoms with E-state index in [2.05, 4.69) is 96.8 Å². The Bertz CT molecular complexity index is 3550. The van der Waals surface area contributed by atoms with Crippen molar-refractivity contribution >= 4 is 142 Å². The van der Waals surface area contributed by atoms with E-state index in [1.165, 1.54) is 78.6 Å². The van der Waals surface area contributed by atoms with Gasteiger partial charge in [-0.15, -0.1) is 68.0 Å². The highest BCUT2D eigenvalue weighted by Gasteiger charge is 2.17. The summed E-state index contributed by atoms with van der Waals surface area (Å²) in [5.41, 5.74) is 5.83. The molecule has 0 atom stereocenters. The number of nitriles is 3. The van der Waals surface area contributed by atoms with E-state index < -0.39 is 0 Å². The minimum atomic E-state index is 0. The van der Waals surface area contributed by atoms with Crippen molar-refractivity contribution in [3.05, 3.63) is 176 Å². The standard InChI is InChI=1S/C30H16N4S5.C16H14O2S3.C7H4N2S.2CH4/c1-17-11-21(13-19(15-31)24-9-10-28(34-4)39-24)36-29(17)26-7-8-27(38-26)30-18(2)12-22(37-30)14-23(33-3)25-6-5-20(16-32)35-25;1-9-6-11(8-17)19-15(9)12-4-5-13(20-12)16-10(2)7-14(18-3)21-16;1-9-7-3-2-6(10-7)4-5-8;;/h5-14H,1-2H3;4-8H,1-3H3;2-3H,4H2;2*1H4/b19-13+,23-14-;;;;. The van der Waals surface area contributed by atoms with Crippen molar-refractivity contribution in [2.45, 2.75) is 49.0 Å². The number of aryl methyl sites for hydroxylation is 4. The quantitative estimate of drug-likeness (QED) is 0.0728. The Morgan fingerprint density at radius 1 is 0.583 bits per heavy atom. The molecule has 0 aliphatic carbocycles. The lowest BCUT2D eigenvalue weighted by Crippen LogP contribution is -1.73. The number of allylic oxidation sites excluding steroid dienone is 1. The first-order valence-corrected chi connectivity index (χ1v) is 27.9. The molecule has 9 aromatic heterocycles. The van der Waals surface area contributed by atoms with E-state index in [0.717, 1.165) is 57.3 Å². The zero-order valence-electron chi connectivity index (χ0n) is 37.7. The molecule has 0 aliphatic heterocycles. The number of rotatable bonds is 11. The van der Waals surface area contributed by atoms with Gasteiger partial charge in [0, 0.05) is 58.5 Å². The second-order valence-corrected chi connectivity index (χ2v) is 24.5. The molecule has 9 rings (SSSR count). The molecule has 0 amide bonds. The van der Waals surface area contributed by atoms with E-state index in [9.17, 15) is 10.1 Å². The van der Waals surface area contributed by atoms with Gasteiger partial charge < -0.3 is 4.74 Å². The fraction of sp³-hybridized carbons (Fsp3) is 0.145. The fourth-order valence-corrected chi connectivity index (χ4v) is 15.8. The molecule has 0 bridgehead atoms. The van der Waals surface area contributed by atoms with Gasteiger partial charge in [0.05, 0.1) is 54.6 Å². The van der Waals surface area contributed by atoms with E-state index in [0.29, 0.717) is 32.6 Å². The van der Waals surface area contributed by atoms with Crippen LogP contribution >= 0.6 is 102 Å². The number of carbonyl (C=O) groups excluding carboxylic acids is 1. The summed E-state index contributed by atoms with van der Waals surface area (Å²) >= 11 is 14.1. The van der Waals surface area contributed by atoms with Gasteiger partial charge in [0.25, 0.3) is 0 Å². The molecular weight excluding hydrogens is 1070 g/mol. The van der Waals surface area contributed by atoms with Gasteiger partial charge >= 0.3 is 0 Å². The normalized spacial score (nSPS) is 10.5. The average Bonchev–Trinajstić information content (AvgIpc) is 4.21. The van der Waals surface area contributed by atoms with Gasteiger partial charge in [0.1, 0.15) is 17.0 Å². The van der Waals surface area contributed by atoms with Crippen molar-refractivity contribution in [1.29, 1.82) is 15.8 Å². The zero-order valence-corrected chi connectivity index (χ0v) is 45.0. The molecule has 8 nitrogen and oxygen atoms in total. The number of thiophene rings is 9. The summed E-state index contributed by atoms with van der Waals surface area (Å²) in [6, 6.07) is 34.0. The van der Waals surface area contributed by atoms with Crippen LogP contribution in [0.15, 0.2) is 84.9 Å². The maximum atomic E-state index is 10.9. The van der Waals surface area contributed by atoms with E-state index in [4.69, 9.17) is 35.0 Å². The number of nitrogens with zero attached hydrogens (tertiary/aromatic N) is 6. The van der Waals surface area contributed by atoms with Crippen LogP contribution < -0.4 is 4.74 Å². The minimum Gasteiger partial charge on any atom is -0.487 e. The smallest absolute Gasteiger partial charge is 0.241 e. The van der Waals surface area contributed by atoms with Gasteiger partial charge in [-0.2, -0.15) is 38.5 Å². The summed E-state index contributed by atoms with van der Waals surface area (Å²) in [6.07, 6.45) is 5.14. The van der Waals surface area contributed by atoms with E-state index in [1.807, 2.05) is 42.5 Å². The number of hydrogen-bond acceptors (Lipinski definition) is 14. The molecular formula is C55H42N6O2S9. The Kier molecular flexibility index (Phi) is 20.3. The maximum Gasteiger partial charge on any atom is 0.241 e. The fourth-order valence-electron chi connectivity index (χ4n) is 6.68. The number of hydrogen-bond donors (Lipinski definition) is 0. The third-order valence-electron chi connectivity index (χ3n) is 9.88. The summed E-state index contributed by atoms with van der Waals surface area (Å²) in [5, 5.41) is 29.3. The Morgan fingerprint density at radius 3 is 1.53 bits per heavy atom. The number of methoxy groups -OCH3 is 1. The summed E-state index contributed by atoms with van der Waals surface area (Å²) < 4.78 is 5.31. The van der Waals surface area contributed by atoms with Crippen molar-refractivity contribution in [1.82, 2.24) is 0 Å². The molecule has 0 fully saturated rings. The molecule has 72 heavy (non-hydrogen) atoms. The van der Waals surface area contributed by atoms with Crippen molar-refractivity contribution in [2.24, 2.45) is 0 Å². The van der Waals surface area contributed by atoms with Crippen LogP contribution in [0.3, 0.4) is 0 Å². The van der Waals surface area contributed by atoms with Gasteiger partial charge in [0.15, 0.2) is 11.3 Å². The lowest BCUT2D eigenvalue weighted by atomic mass is 10.2. The van der Waals surface area contributed by atoms with Crippen LogP contribution in [0.25, 0.3) is 77.0 Å². The third kappa shape index (κ3) is 13.4. The first-order valence-electron chi connectivity index (χ1n) is 20.5. The molecule has 0 unspecified atom stereocenters. The van der Waals surface area contributed by atoms with E-state index in [-0.39, 0.29) is 14.9 Å². The zero-order chi connectivity index (χ0) is 49.9. The molecule has 0 saturated heterocycles. The molecule has 9 heterocycles. The van der Waals surface area contributed by atoms with Crippen LogP contribution in [-0.4, -0.2) is 13.4 Å². The largest absolute Gasteiger partial charge is 0.487 e. The topological polar surface area (TPSA) is 111 Å². The number of carbonyl (C=O) groups is 1. The first-order chi connectivity index (χ1) is 33.9. The second kappa shape index (κ2) is 26.1. The number of aldehydes is 1. The van der Waals surface area contributed by atoms with Crippen LogP contribution in [0.4, 0.5) is 10.0 Å². The van der Waals surface area contributed by atoms with Crippen LogP contribution in [0.1, 0.15) is 76.0 Å². The van der Waals surface area contributed by atoms with Crippen molar-refractivity contribution in [2.75, 3.05) is 7.11 Å². The van der Waals surface area contributed by atoms with Crippen LogP contribution in [0.2, 0.25) is 0 Å². The maximum absolute atomic E-state index is 10.9. The molecule has 9 aromatic rings. The molecule has 358 valence electrons. The van der Waals surface area contributed by atoms with E-state index in [1.54, 1.807) is 93.3 Å². The molecule has 0 spiro atoms. The highest BCUT2D eigenvalue weighted by atomic mass is 32.1. The van der Waals surface area contributed by atoms with Crippen LogP contribution in [0.5, 0.6) is 5.06 Å². The van der Waals surface area contributed by atoms with Gasteiger partial charge in [0.2, 0.25) is 15.7 Å². The van der Waals surface area contributed by atoms with Gasteiger partial charge in [-0.1, -0.05) is 44.4 Å².